The van der Waals surface area contributed by atoms with Gasteiger partial charge in [-0.1, -0.05) is 18.2 Å². The van der Waals surface area contributed by atoms with Crippen molar-refractivity contribution in [1.29, 1.82) is 0 Å². The first-order valence-electron chi connectivity index (χ1n) is 6.58. The fourth-order valence-corrected chi connectivity index (χ4v) is 2.76. The number of hydroxylamine groups is 1. The number of aromatic amines is 1. The molecule has 0 spiro atoms. The predicted molar refractivity (Wildman–Crippen MR) is 69.1 cm³/mol. The van der Waals surface area contributed by atoms with Crippen LogP contribution in [0.5, 0.6) is 0 Å². The van der Waals surface area contributed by atoms with Gasteiger partial charge in [-0.3, -0.25) is 4.84 Å². The van der Waals surface area contributed by atoms with Crippen molar-refractivity contribution in [2.75, 3.05) is 6.61 Å². The monoisotopic (exact) mass is 284 g/mol. The van der Waals surface area contributed by atoms with E-state index in [0.29, 0.717) is 0 Å². The summed E-state index contributed by atoms with van der Waals surface area (Å²) in [4.78, 5) is 7.89. The number of halogens is 3. The van der Waals surface area contributed by atoms with Gasteiger partial charge in [-0.05, 0) is 30.9 Å². The molecule has 0 aliphatic heterocycles. The molecule has 1 aliphatic rings. The molecule has 6 heteroatoms. The molecule has 1 unspecified atom stereocenters. The highest BCUT2D eigenvalue weighted by atomic mass is 19.4. The number of aromatic nitrogens is 1. The fraction of sp³-hybridized carbons (Fsp3) is 0.429. The number of benzene rings is 1. The maximum Gasteiger partial charge on any atom is 0.413 e. The first-order chi connectivity index (χ1) is 9.54. The number of alkyl halides is 3. The highest BCUT2D eigenvalue weighted by molar-refractivity contribution is 5.85. The van der Waals surface area contributed by atoms with Crippen molar-refractivity contribution in [2.45, 2.75) is 31.5 Å². The van der Waals surface area contributed by atoms with Crippen LogP contribution in [0.25, 0.3) is 10.9 Å². The number of aryl methyl sites for hydroxylation is 1. The van der Waals surface area contributed by atoms with E-state index in [0.717, 1.165) is 35.9 Å². The van der Waals surface area contributed by atoms with Crippen LogP contribution in [0.3, 0.4) is 0 Å². The van der Waals surface area contributed by atoms with Gasteiger partial charge in [0.2, 0.25) is 0 Å². The standard InChI is InChI=1S/C14H15F3N2O/c15-14(16,17)8-20-19-12-7-3-5-10-9-4-1-2-6-11(9)18-13(10)12/h1-2,4,6,12,18-19H,3,5,7-8H2. The van der Waals surface area contributed by atoms with Gasteiger partial charge in [0.25, 0.3) is 0 Å². The van der Waals surface area contributed by atoms with Crippen molar-refractivity contribution >= 4 is 10.9 Å². The maximum atomic E-state index is 12.1. The number of H-pyrrole nitrogens is 1. The summed E-state index contributed by atoms with van der Waals surface area (Å²) in [5.41, 5.74) is 5.68. The van der Waals surface area contributed by atoms with Crippen molar-refractivity contribution in [1.82, 2.24) is 10.5 Å². The maximum absolute atomic E-state index is 12.1. The molecule has 0 bridgehead atoms. The van der Waals surface area contributed by atoms with Gasteiger partial charge in [0, 0.05) is 16.6 Å². The van der Waals surface area contributed by atoms with Crippen molar-refractivity contribution in [2.24, 2.45) is 0 Å². The van der Waals surface area contributed by atoms with E-state index in [4.69, 9.17) is 0 Å². The Morgan fingerprint density at radius 1 is 1.30 bits per heavy atom. The van der Waals surface area contributed by atoms with Crippen LogP contribution < -0.4 is 5.48 Å². The van der Waals surface area contributed by atoms with E-state index in [1.54, 1.807) is 0 Å². The molecular weight excluding hydrogens is 269 g/mol. The number of nitrogens with one attached hydrogen (secondary N) is 2. The van der Waals surface area contributed by atoms with Crippen LogP contribution in [-0.2, 0) is 11.3 Å². The van der Waals surface area contributed by atoms with E-state index in [2.05, 4.69) is 15.3 Å². The molecule has 3 rings (SSSR count). The first kappa shape index (κ1) is 13.5. The lowest BCUT2D eigenvalue weighted by Crippen LogP contribution is -2.30. The van der Waals surface area contributed by atoms with E-state index >= 15 is 0 Å². The molecule has 0 amide bonds. The lowest BCUT2D eigenvalue weighted by molar-refractivity contribution is -0.193. The molecule has 1 aliphatic carbocycles. The van der Waals surface area contributed by atoms with Crippen LogP contribution in [0.15, 0.2) is 24.3 Å². The molecule has 3 nitrogen and oxygen atoms in total. The van der Waals surface area contributed by atoms with Crippen LogP contribution in [0.4, 0.5) is 13.2 Å². The molecule has 0 fully saturated rings. The minimum absolute atomic E-state index is 0.214. The third-order valence-electron chi connectivity index (χ3n) is 3.58. The average Bonchev–Trinajstić information content (AvgIpc) is 2.77. The molecule has 1 atom stereocenters. The number of hydrogen-bond acceptors (Lipinski definition) is 2. The van der Waals surface area contributed by atoms with Gasteiger partial charge in [0.15, 0.2) is 6.61 Å². The minimum Gasteiger partial charge on any atom is -0.357 e. The van der Waals surface area contributed by atoms with Gasteiger partial charge >= 0.3 is 6.18 Å². The molecular formula is C14H15F3N2O. The Bertz CT molecular complexity index is 606. The summed E-state index contributed by atoms with van der Waals surface area (Å²) in [6, 6.07) is 7.69. The van der Waals surface area contributed by atoms with E-state index in [1.807, 2.05) is 24.3 Å². The molecule has 0 radical (unpaired) electrons. The molecule has 1 heterocycles. The van der Waals surface area contributed by atoms with Gasteiger partial charge < -0.3 is 4.98 Å². The summed E-state index contributed by atoms with van der Waals surface area (Å²) >= 11 is 0. The summed E-state index contributed by atoms with van der Waals surface area (Å²) in [5.74, 6) is 0. The Balaban J connectivity index is 1.79. The van der Waals surface area contributed by atoms with Crippen molar-refractivity contribution in [3.63, 3.8) is 0 Å². The van der Waals surface area contributed by atoms with Crippen molar-refractivity contribution in [3.05, 3.63) is 35.5 Å². The molecule has 1 aromatic heterocycles. The van der Waals surface area contributed by atoms with Crippen LogP contribution in [0.1, 0.15) is 30.1 Å². The lowest BCUT2D eigenvalue weighted by atomic mass is 9.92. The van der Waals surface area contributed by atoms with Gasteiger partial charge in [-0.15, -0.1) is 0 Å². The number of fused-ring (bicyclic) bond motifs is 3. The summed E-state index contributed by atoms with van der Waals surface area (Å²) in [5, 5.41) is 1.14. The molecule has 2 N–H and O–H groups in total. The zero-order chi connectivity index (χ0) is 14.2. The summed E-state index contributed by atoms with van der Waals surface area (Å²) in [7, 11) is 0. The smallest absolute Gasteiger partial charge is 0.357 e. The normalized spacial score (nSPS) is 19.2. The zero-order valence-corrected chi connectivity index (χ0v) is 10.8. The summed E-state index contributed by atoms with van der Waals surface area (Å²) in [6.45, 7) is -1.28. The van der Waals surface area contributed by atoms with Crippen LogP contribution in [0.2, 0.25) is 0 Å². The minimum atomic E-state index is -4.31. The Hall–Kier alpha value is -1.53. The van der Waals surface area contributed by atoms with E-state index in [1.165, 1.54) is 5.56 Å². The first-order valence-corrected chi connectivity index (χ1v) is 6.58. The molecule has 1 aromatic carbocycles. The highest BCUT2D eigenvalue weighted by Gasteiger charge is 2.30. The number of rotatable bonds is 3. The SMILES string of the molecule is FC(F)(F)CONC1CCCc2c1[nH]c1ccccc21. The van der Waals surface area contributed by atoms with Gasteiger partial charge in [0.05, 0.1) is 6.04 Å². The third-order valence-corrected chi connectivity index (χ3v) is 3.58. The van der Waals surface area contributed by atoms with Crippen molar-refractivity contribution < 1.29 is 18.0 Å². The average molecular weight is 284 g/mol. The van der Waals surface area contributed by atoms with Crippen molar-refractivity contribution in [3.8, 4) is 0 Å². The van der Waals surface area contributed by atoms with E-state index < -0.39 is 12.8 Å². The van der Waals surface area contributed by atoms with E-state index in [-0.39, 0.29) is 6.04 Å². The van der Waals surface area contributed by atoms with E-state index in [9.17, 15) is 13.2 Å². The Kier molecular flexibility index (Phi) is 3.43. The predicted octanol–water partition coefficient (Wildman–Crippen LogP) is 3.63. The number of hydrogen-bond donors (Lipinski definition) is 2. The topological polar surface area (TPSA) is 37.0 Å². The Morgan fingerprint density at radius 2 is 2.10 bits per heavy atom. The molecule has 2 aromatic rings. The fourth-order valence-electron chi connectivity index (χ4n) is 2.76. The second kappa shape index (κ2) is 5.10. The Morgan fingerprint density at radius 3 is 2.90 bits per heavy atom. The van der Waals surface area contributed by atoms with Crippen LogP contribution in [-0.4, -0.2) is 17.8 Å². The van der Waals surface area contributed by atoms with Crippen LogP contribution >= 0.6 is 0 Å². The summed E-state index contributed by atoms with van der Waals surface area (Å²) in [6.07, 6.45) is -1.68. The highest BCUT2D eigenvalue weighted by Crippen LogP contribution is 2.34. The second-order valence-electron chi connectivity index (χ2n) is 5.03. The third kappa shape index (κ3) is 2.66. The van der Waals surface area contributed by atoms with Gasteiger partial charge in [-0.2, -0.15) is 18.7 Å². The van der Waals surface area contributed by atoms with Gasteiger partial charge in [0.1, 0.15) is 0 Å². The molecule has 20 heavy (non-hydrogen) atoms. The lowest BCUT2D eigenvalue weighted by Gasteiger charge is -2.23. The number of para-hydroxylation sites is 1. The quantitative estimate of drug-likeness (QED) is 0.844. The molecule has 108 valence electrons. The van der Waals surface area contributed by atoms with Gasteiger partial charge in [-0.25, -0.2) is 0 Å². The molecule has 0 saturated carbocycles. The van der Waals surface area contributed by atoms with Crippen LogP contribution in [0, 0.1) is 0 Å². The zero-order valence-electron chi connectivity index (χ0n) is 10.8. The summed E-state index contributed by atoms with van der Waals surface area (Å²) < 4.78 is 36.3. The Labute approximate surface area is 114 Å². The second-order valence-corrected chi connectivity index (χ2v) is 5.03. The largest absolute Gasteiger partial charge is 0.413 e. The molecule has 0 saturated heterocycles.